The Kier molecular flexibility index (Phi) is 4.32. The van der Waals surface area contributed by atoms with Gasteiger partial charge in [-0.1, -0.05) is 48.5 Å². The van der Waals surface area contributed by atoms with Crippen LogP contribution in [0.4, 0.5) is 0 Å². The number of nitrogens with zero attached hydrogens (tertiary/aromatic N) is 2. The molecule has 0 saturated carbocycles. The molecule has 25 heavy (non-hydrogen) atoms. The fraction of sp³-hybridized carbons (Fsp3) is 0.200. The molecule has 2 heterocycles. The lowest BCUT2D eigenvalue weighted by Gasteiger charge is -2.21. The van der Waals surface area contributed by atoms with Crippen molar-refractivity contribution in [2.75, 3.05) is 0 Å². The molecule has 1 aliphatic rings. The highest BCUT2D eigenvalue weighted by atomic mass is 32.2. The summed E-state index contributed by atoms with van der Waals surface area (Å²) >= 11 is 1.64. The van der Waals surface area contributed by atoms with Gasteiger partial charge >= 0.3 is 0 Å². The second-order valence-electron chi connectivity index (χ2n) is 6.17. The zero-order valence-electron chi connectivity index (χ0n) is 13.9. The van der Waals surface area contributed by atoms with E-state index in [-0.39, 0.29) is 17.2 Å². The third-order valence-corrected chi connectivity index (χ3v) is 5.79. The van der Waals surface area contributed by atoms with E-state index in [1.165, 1.54) is 10.5 Å². The molecular weight excluding hydrogens is 330 g/mol. The molecule has 2 unspecified atom stereocenters. The fourth-order valence-corrected chi connectivity index (χ4v) is 4.37. The lowest BCUT2D eigenvalue weighted by Crippen LogP contribution is -2.37. The molecule has 1 amide bonds. The molecular formula is C20H19N3OS. The van der Waals surface area contributed by atoms with E-state index in [4.69, 9.17) is 0 Å². The summed E-state index contributed by atoms with van der Waals surface area (Å²) in [5.74, 6) is 0.887. The summed E-state index contributed by atoms with van der Waals surface area (Å²) in [5.41, 5.74) is 2.28. The number of benzene rings is 2. The summed E-state index contributed by atoms with van der Waals surface area (Å²) in [6, 6.07) is 18.0. The van der Waals surface area contributed by atoms with E-state index in [0.29, 0.717) is 0 Å². The largest absolute Gasteiger partial charge is 0.341 e. The molecule has 2 atom stereocenters. The van der Waals surface area contributed by atoms with Gasteiger partial charge in [0, 0.05) is 24.3 Å². The first kappa shape index (κ1) is 16.0. The lowest BCUT2D eigenvalue weighted by atomic mass is 10.0. The van der Waals surface area contributed by atoms with E-state index in [0.717, 1.165) is 17.8 Å². The second-order valence-corrected chi connectivity index (χ2v) is 7.41. The highest BCUT2D eigenvalue weighted by Crippen LogP contribution is 2.37. The minimum absolute atomic E-state index is 0.0538. The van der Waals surface area contributed by atoms with E-state index in [9.17, 15) is 4.79 Å². The Bertz CT molecular complexity index is 866. The van der Waals surface area contributed by atoms with Gasteiger partial charge in [0.1, 0.15) is 11.9 Å². The Labute approximate surface area is 151 Å². The highest BCUT2D eigenvalue weighted by Gasteiger charge is 2.30. The number of imidazole rings is 1. The normalized spacial score (nSPS) is 17.1. The minimum atomic E-state index is -0.252. The van der Waals surface area contributed by atoms with Crippen LogP contribution in [0, 0.1) is 0 Å². The summed E-state index contributed by atoms with van der Waals surface area (Å²) in [7, 11) is 1.95. The number of fused-ring (bicyclic) bond motifs is 1. The van der Waals surface area contributed by atoms with Crippen molar-refractivity contribution in [3.63, 3.8) is 0 Å². The summed E-state index contributed by atoms with van der Waals surface area (Å²) in [4.78, 5) is 18.6. The van der Waals surface area contributed by atoms with E-state index < -0.39 is 0 Å². The first-order chi connectivity index (χ1) is 12.2. The molecule has 126 valence electrons. The smallest absolute Gasteiger partial charge is 0.234 e. The minimum Gasteiger partial charge on any atom is -0.341 e. The van der Waals surface area contributed by atoms with Gasteiger partial charge in [-0.15, -0.1) is 11.8 Å². The highest BCUT2D eigenvalue weighted by molar-refractivity contribution is 8.01. The number of rotatable bonds is 4. The van der Waals surface area contributed by atoms with Crippen LogP contribution in [0.3, 0.4) is 0 Å². The van der Waals surface area contributed by atoms with E-state index in [2.05, 4.69) is 22.4 Å². The molecule has 5 heteroatoms. The van der Waals surface area contributed by atoms with Crippen molar-refractivity contribution in [3.05, 3.63) is 83.9 Å². The van der Waals surface area contributed by atoms with Crippen LogP contribution in [0.5, 0.6) is 0 Å². The Morgan fingerprint density at radius 3 is 2.68 bits per heavy atom. The molecule has 0 spiro atoms. The Morgan fingerprint density at radius 1 is 1.20 bits per heavy atom. The molecule has 0 fully saturated rings. The first-order valence-corrected chi connectivity index (χ1v) is 9.17. The maximum atomic E-state index is 12.9. The fourth-order valence-electron chi connectivity index (χ4n) is 3.16. The molecule has 0 aliphatic carbocycles. The van der Waals surface area contributed by atoms with Crippen LogP contribution in [-0.4, -0.2) is 20.7 Å². The number of aryl methyl sites for hydroxylation is 1. The molecule has 0 radical (unpaired) electrons. The Morgan fingerprint density at radius 2 is 1.96 bits per heavy atom. The second kappa shape index (κ2) is 6.76. The van der Waals surface area contributed by atoms with Crippen molar-refractivity contribution in [3.8, 4) is 0 Å². The average molecular weight is 349 g/mol. The van der Waals surface area contributed by atoms with Gasteiger partial charge < -0.3 is 9.88 Å². The Balaban J connectivity index is 1.58. The van der Waals surface area contributed by atoms with Crippen molar-refractivity contribution < 1.29 is 4.79 Å². The van der Waals surface area contributed by atoms with Crippen molar-refractivity contribution in [1.82, 2.24) is 14.9 Å². The number of hydrogen-bond donors (Lipinski definition) is 1. The molecule has 4 rings (SSSR count). The topological polar surface area (TPSA) is 46.9 Å². The number of carbonyl (C=O) groups excluding carboxylic acids is 1. The maximum absolute atomic E-state index is 12.9. The molecule has 1 aliphatic heterocycles. The standard InChI is InChI=1S/C20H19N3OS/c1-23-12-11-21-19(23)18(14-7-3-2-4-8-14)22-20(24)17-13-15-9-5-6-10-16(15)25-17/h2-12,17-18H,13H2,1H3,(H,22,24). The van der Waals surface area contributed by atoms with Crippen LogP contribution in [0.1, 0.15) is 23.0 Å². The van der Waals surface area contributed by atoms with Gasteiger partial charge in [0.15, 0.2) is 0 Å². The van der Waals surface area contributed by atoms with Crippen LogP contribution in [-0.2, 0) is 18.3 Å². The number of aromatic nitrogens is 2. The van der Waals surface area contributed by atoms with Crippen molar-refractivity contribution >= 4 is 17.7 Å². The van der Waals surface area contributed by atoms with E-state index in [1.807, 2.05) is 60.3 Å². The Hall–Kier alpha value is -2.53. The molecule has 1 N–H and O–H groups in total. The van der Waals surface area contributed by atoms with Crippen LogP contribution >= 0.6 is 11.8 Å². The molecule has 2 aromatic carbocycles. The van der Waals surface area contributed by atoms with Crippen LogP contribution < -0.4 is 5.32 Å². The lowest BCUT2D eigenvalue weighted by molar-refractivity contribution is -0.121. The third kappa shape index (κ3) is 3.20. The van der Waals surface area contributed by atoms with E-state index in [1.54, 1.807) is 18.0 Å². The van der Waals surface area contributed by atoms with Gasteiger partial charge in [-0.2, -0.15) is 0 Å². The molecule has 0 bridgehead atoms. The molecule has 1 aromatic heterocycles. The quantitative estimate of drug-likeness (QED) is 0.786. The maximum Gasteiger partial charge on any atom is 0.234 e. The van der Waals surface area contributed by atoms with Gasteiger partial charge in [-0.05, 0) is 23.6 Å². The number of thioether (sulfide) groups is 1. The summed E-state index contributed by atoms with van der Waals surface area (Å²) in [6.45, 7) is 0. The van der Waals surface area contributed by atoms with Crippen LogP contribution in [0.2, 0.25) is 0 Å². The summed E-state index contributed by atoms with van der Waals surface area (Å²) in [6.07, 6.45) is 4.43. The van der Waals surface area contributed by atoms with Gasteiger partial charge in [0.25, 0.3) is 0 Å². The van der Waals surface area contributed by atoms with Crippen molar-refractivity contribution in [1.29, 1.82) is 0 Å². The summed E-state index contributed by atoms with van der Waals surface area (Å²) in [5, 5.41) is 3.12. The third-order valence-electron chi connectivity index (χ3n) is 4.48. The summed E-state index contributed by atoms with van der Waals surface area (Å²) < 4.78 is 1.95. The number of amides is 1. The first-order valence-electron chi connectivity index (χ1n) is 8.29. The van der Waals surface area contributed by atoms with Gasteiger partial charge in [0.05, 0.1) is 5.25 Å². The van der Waals surface area contributed by atoms with Crippen molar-refractivity contribution in [2.24, 2.45) is 7.05 Å². The van der Waals surface area contributed by atoms with Crippen LogP contribution in [0.25, 0.3) is 0 Å². The van der Waals surface area contributed by atoms with Gasteiger partial charge in [0.2, 0.25) is 5.91 Å². The van der Waals surface area contributed by atoms with Gasteiger partial charge in [-0.25, -0.2) is 4.98 Å². The molecule has 0 saturated heterocycles. The molecule has 4 nitrogen and oxygen atoms in total. The van der Waals surface area contributed by atoms with Crippen molar-refractivity contribution in [2.45, 2.75) is 22.6 Å². The molecule has 3 aromatic rings. The van der Waals surface area contributed by atoms with E-state index >= 15 is 0 Å². The zero-order chi connectivity index (χ0) is 17.2. The predicted molar refractivity (Wildman–Crippen MR) is 99.4 cm³/mol. The zero-order valence-corrected chi connectivity index (χ0v) is 14.7. The number of nitrogens with one attached hydrogen (secondary N) is 1. The average Bonchev–Trinajstić information content (AvgIpc) is 3.26. The predicted octanol–water partition coefficient (Wildman–Crippen LogP) is 3.34. The van der Waals surface area contributed by atoms with Gasteiger partial charge in [-0.3, -0.25) is 4.79 Å². The monoisotopic (exact) mass is 349 g/mol. The van der Waals surface area contributed by atoms with Crippen LogP contribution in [0.15, 0.2) is 71.9 Å². The number of hydrogen-bond acceptors (Lipinski definition) is 3. The SMILES string of the molecule is Cn1ccnc1C(NC(=O)C1Cc2ccccc2S1)c1ccccc1. The number of carbonyl (C=O) groups is 1.